The van der Waals surface area contributed by atoms with Gasteiger partial charge in [-0.25, -0.2) is 0 Å². The molecule has 1 aromatic rings. The number of fused-ring (bicyclic) bond motifs is 2. The van der Waals surface area contributed by atoms with Gasteiger partial charge in [0.15, 0.2) is 0 Å². The molecule has 4 atom stereocenters. The lowest BCUT2D eigenvalue weighted by molar-refractivity contribution is -0.139. The van der Waals surface area contributed by atoms with Gasteiger partial charge in [0.2, 0.25) is 5.91 Å². The van der Waals surface area contributed by atoms with Crippen LogP contribution in [0.4, 0.5) is 0 Å². The number of ether oxygens (including phenoxy) is 2. The number of rotatable bonds is 5. The molecule has 4 nitrogen and oxygen atoms in total. The van der Waals surface area contributed by atoms with E-state index >= 15 is 0 Å². The highest BCUT2D eigenvalue weighted by atomic mass is 16.5. The first kappa shape index (κ1) is 15.2. The van der Waals surface area contributed by atoms with Gasteiger partial charge in [-0.05, 0) is 37.7 Å². The minimum atomic E-state index is 0.0742. The van der Waals surface area contributed by atoms with Crippen molar-refractivity contribution in [3.8, 4) is 0 Å². The van der Waals surface area contributed by atoms with Gasteiger partial charge in [0.25, 0.3) is 0 Å². The first-order valence-electron chi connectivity index (χ1n) is 8.89. The molecule has 124 valence electrons. The van der Waals surface area contributed by atoms with E-state index in [0.717, 1.165) is 45.3 Å². The smallest absolute Gasteiger partial charge is 0.228 e. The van der Waals surface area contributed by atoms with Crippen LogP contribution in [0.3, 0.4) is 0 Å². The van der Waals surface area contributed by atoms with Crippen LogP contribution >= 0.6 is 0 Å². The van der Waals surface area contributed by atoms with Crippen molar-refractivity contribution < 1.29 is 14.3 Å². The van der Waals surface area contributed by atoms with Gasteiger partial charge in [-0.3, -0.25) is 4.79 Å². The average Bonchev–Trinajstić information content (AvgIpc) is 3.33. The van der Waals surface area contributed by atoms with Gasteiger partial charge in [0.1, 0.15) is 0 Å². The van der Waals surface area contributed by atoms with E-state index in [1.54, 1.807) is 0 Å². The van der Waals surface area contributed by atoms with Crippen LogP contribution in [0.1, 0.15) is 31.2 Å². The quantitative estimate of drug-likeness (QED) is 0.837. The van der Waals surface area contributed by atoms with Gasteiger partial charge >= 0.3 is 0 Å². The number of benzene rings is 1. The van der Waals surface area contributed by atoms with Crippen molar-refractivity contribution in [1.82, 2.24) is 4.90 Å². The first-order chi connectivity index (χ1) is 11.3. The molecule has 3 saturated heterocycles. The Morgan fingerprint density at radius 3 is 2.70 bits per heavy atom. The van der Waals surface area contributed by atoms with Crippen molar-refractivity contribution in [1.29, 1.82) is 0 Å². The Morgan fingerprint density at radius 2 is 2.04 bits per heavy atom. The number of amides is 1. The normalized spacial score (nSPS) is 32.3. The largest absolute Gasteiger partial charge is 0.379 e. The fourth-order valence-corrected chi connectivity index (χ4v) is 4.25. The predicted molar refractivity (Wildman–Crippen MR) is 87.1 cm³/mol. The lowest BCUT2D eigenvalue weighted by Crippen LogP contribution is -2.47. The Morgan fingerprint density at radius 1 is 1.17 bits per heavy atom. The molecular weight excluding hydrogens is 290 g/mol. The zero-order chi connectivity index (χ0) is 15.6. The third kappa shape index (κ3) is 3.15. The summed E-state index contributed by atoms with van der Waals surface area (Å²) >= 11 is 0. The molecule has 3 heterocycles. The van der Waals surface area contributed by atoms with Crippen LogP contribution in [-0.4, -0.2) is 48.8 Å². The van der Waals surface area contributed by atoms with Crippen LogP contribution in [0.2, 0.25) is 0 Å². The van der Waals surface area contributed by atoms with Gasteiger partial charge in [0, 0.05) is 13.2 Å². The molecule has 1 aromatic carbocycles. The van der Waals surface area contributed by atoms with Crippen LogP contribution in [-0.2, 0) is 20.7 Å². The predicted octanol–water partition coefficient (Wildman–Crippen LogP) is 2.41. The summed E-state index contributed by atoms with van der Waals surface area (Å²) in [4.78, 5) is 15.2. The van der Waals surface area contributed by atoms with Crippen molar-refractivity contribution in [2.45, 2.75) is 50.4 Å². The van der Waals surface area contributed by atoms with Crippen molar-refractivity contribution >= 4 is 5.91 Å². The highest BCUT2D eigenvalue weighted by molar-refractivity contribution is 5.80. The summed E-state index contributed by atoms with van der Waals surface area (Å²) < 4.78 is 11.4. The van der Waals surface area contributed by atoms with Gasteiger partial charge in [-0.1, -0.05) is 30.3 Å². The maximum atomic E-state index is 13.1. The molecule has 3 aliphatic heterocycles. The zero-order valence-corrected chi connectivity index (χ0v) is 13.5. The molecule has 3 fully saturated rings. The lowest BCUT2D eigenvalue weighted by atomic mass is 9.87. The van der Waals surface area contributed by atoms with E-state index in [9.17, 15) is 4.79 Å². The Kier molecular flexibility index (Phi) is 4.36. The van der Waals surface area contributed by atoms with E-state index in [2.05, 4.69) is 29.2 Å². The molecule has 0 saturated carbocycles. The van der Waals surface area contributed by atoms with Crippen molar-refractivity contribution in [3.63, 3.8) is 0 Å². The molecule has 4 heteroatoms. The lowest BCUT2D eigenvalue weighted by Gasteiger charge is -2.32. The van der Waals surface area contributed by atoms with Crippen molar-refractivity contribution in [3.05, 3.63) is 35.9 Å². The Hall–Kier alpha value is -1.39. The average molecular weight is 315 g/mol. The molecule has 1 amide bonds. The summed E-state index contributed by atoms with van der Waals surface area (Å²) in [5.41, 5.74) is 1.29. The van der Waals surface area contributed by atoms with E-state index in [1.807, 2.05) is 6.07 Å². The van der Waals surface area contributed by atoms with E-state index in [4.69, 9.17) is 9.47 Å². The molecule has 0 N–H and O–H groups in total. The van der Waals surface area contributed by atoms with Crippen LogP contribution in [0.15, 0.2) is 30.3 Å². The number of carbonyl (C=O) groups is 1. The van der Waals surface area contributed by atoms with Crippen molar-refractivity contribution in [2.75, 3.05) is 19.8 Å². The second kappa shape index (κ2) is 6.62. The van der Waals surface area contributed by atoms with Gasteiger partial charge in [0.05, 0.1) is 30.8 Å². The van der Waals surface area contributed by atoms with Gasteiger partial charge in [-0.2, -0.15) is 0 Å². The third-order valence-corrected chi connectivity index (χ3v) is 5.54. The molecule has 0 radical (unpaired) electrons. The second-order valence-electron chi connectivity index (χ2n) is 7.00. The Balaban J connectivity index is 1.45. The highest BCUT2D eigenvalue weighted by Gasteiger charge is 2.46. The molecule has 0 spiro atoms. The summed E-state index contributed by atoms with van der Waals surface area (Å²) in [5.74, 6) is 0.369. The second-order valence-corrected chi connectivity index (χ2v) is 7.00. The van der Waals surface area contributed by atoms with E-state index in [-0.39, 0.29) is 18.1 Å². The topological polar surface area (TPSA) is 38.8 Å². The summed E-state index contributed by atoms with van der Waals surface area (Å²) in [6.07, 6.45) is 5.45. The van der Waals surface area contributed by atoms with Gasteiger partial charge in [-0.15, -0.1) is 0 Å². The van der Waals surface area contributed by atoms with E-state index in [0.29, 0.717) is 18.6 Å². The molecule has 4 unspecified atom stereocenters. The monoisotopic (exact) mass is 315 g/mol. The molecule has 2 bridgehead atoms. The maximum Gasteiger partial charge on any atom is 0.228 e. The summed E-state index contributed by atoms with van der Waals surface area (Å²) in [7, 11) is 0. The highest BCUT2D eigenvalue weighted by Crippen LogP contribution is 2.40. The van der Waals surface area contributed by atoms with E-state index < -0.39 is 0 Å². The first-order valence-corrected chi connectivity index (χ1v) is 8.89. The van der Waals surface area contributed by atoms with Crippen molar-refractivity contribution in [2.24, 2.45) is 5.92 Å². The minimum absolute atomic E-state index is 0.0742. The summed E-state index contributed by atoms with van der Waals surface area (Å²) in [6.45, 7) is 2.24. The summed E-state index contributed by atoms with van der Waals surface area (Å²) in [5, 5.41) is 0. The molecule has 23 heavy (non-hydrogen) atoms. The van der Waals surface area contributed by atoms with E-state index in [1.165, 1.54) is 5.56 Å². The zero-order valence-electron chi connectivity index (χ0n) is 13.5. The molecular formula is C19H25NO3. The Bertz CT molecular complexity index is 541. The van der Waals surface area contributed by atoms with Crippen LogP contribution in [0.25, 0.3) is 0 Å². The van der Waals surface area contributed by atoms with Crippen LogP contribution in [0, 0.1) is 5.92 Å². The number of hydrogen-bond donors (Lipinski definition) is 0. The maximum absolute atomic E-state index is 13.1. The molecule has 3 aliphatic rings. The third-order valence-electron chi connectivity index (χ3n) is 5.54. The Labute approximate surface area is 137 Å². The molecule has 0 aliphatic carbocycles. The molecule has 0 aromatic heterocycles. The van der Waals surface area contributed by atoms with Crippen LogP contribution < -0.4 is 0 Å². The fraction of sp³-hybridized carbons (Fsp3) is 0.632. The summed E-state index contributed by atoms with van der Waals surface area (Å²) in [6, 6.07) is 10.7. The minimum Gasteiger partial charge on any atom is -0.379 e. The number of nitrogens with zero attached hydrogens (tertiary/aromatic N) is 1. The molecule has 4 rings (SSSR count). The van der Waals surface area contributed by atoms with Crippen LogP contribution in [0.5, 0.6) is 0 Å². The van der Waals surface area contributed by atoms with Gasteiger partial charge < -0.3 is 14.4 Å². The fourth-order valence-electron chi connectivity index (χ4n) is 4.25. The number of hydrogen-bond acceptors (Lipinski definition) is 3. The number of carbonyl (C=O) groups excluding carboxylic acids is 1. The SMILES string of the molecule is O=C(C1CC2CCC1O2)N(CCc1ccccc1)C1CCOC1. The standard InChI is InChI=1S/C19H25NO3/c21-19(17-12-16-6-7-18(17)23-16)20(15-9-11-22-13-15)10-8-14-4-2-1-3-5-14/h1-5,15-18H,6-13H2.